The van der Waals surface area contributed by atoms with Crippen LogP contribution in [0.15, 0.2) is 41.1 Å². The zero-order valence-corrected chi connectivity index (χ0v) is 15.6. The van der Waals surface area contributed by atoms with Gasteiger partial charge in [-0.2, -0.15) is 4.99 Å². The Balaban J connectivity index is 1.82. The van der Waals surface area contributed by atoms with Crippen LogP contribution in [0.2, 0.25) is 0 Å². The van der Waals surface area contributed by atoms with Crippen molar-refractivity contribution in [3.8, 4) is 0 Å². The maximum atomic E-state index is 11.4. The Hall–Kier alpha value is -2.34. The van der Waals surface area contributed by atoms with E-state index in [1.807, 2.05) is 37.3 Å². The number of guanidine groups is 1. The summed E-state index contributed by atoms with van der Waals surface area (Å²) in [4.78, 5) is 19.7. The molecular formula is C20H28N4O2. The second-order valence-corrected chi connectivity index (χ2v) is 7.29. The van der Waals surface area contributed by atoms with Crippen molar-refractivity contribution in [1.29, 1.82) is 0 Å². The fourth-order valence-electron chi connectivity index (χ4n) is 3.67. The van der Waals surface area contributed by atoms with Gasteiger partial charge in [0, 0.05) is 26.7 Å². The van der Waals surface area contributed by atoms with Crippen LogP contribution in [0.25, 0.3) is 5.57 Å². The number of hydrogen-bond acceptors (Lipinski definition) is 4. The number of allylic oxidation sites excluding steroid dienone is 1. The van der Waals surface area contributed by atoms with E-state index in [2.05, 4.69) is 9.89 Å². The van der Waals surface area contributed by atoms with E-state index in [-0.39, 0.29) is 0 Å². The molecule has 1 aromatic rings. The van der Waals surface area contributed by atoms with Gasteiger partial charge in [-0.05, 0) is 42.7 Å². The number of likely N-dealkylation sites (tertiary alicyclic amines) is 1. The molecule has 6 nitrogen and oxygen atoms in total. The third-order valence-corrected chi connectivity index (χ3v) is 5.58. The van der Waals surface area contributed by atoms with E-state index in [4.69, 9.17) is 10.5 Å². The minimum absolute atomic E-state index is 0.308. The molecule has 2 aliphatic heterocycles. The SMILES string of the molecule is C/C(=C(N)\N=C(/N(C)C=O)N1CCC2(CCOC2)CC1)c1ccccc1. The maximum absolute atomic E-state index is 11.4. The molecule has 0 unspecified atom stereocenters. The van der Waals surface area contributed by atoms with Gasteiger partial charge in [0.25, 0.3) is 0 Å². The summed E-state index contributed by atoms with van der Waals surface area (Å²) in [7, 11) is 1.72. The highest BCUT2D eigenvalue weighted by Gasteiger charge is 2.39. The van der Waals surface area contributed by atoms with Gasteiger partial charge in [0.1, 0.15) is 5.82 Å². The molecular weight excluding hydrogens is 328 g/mol. The lowest BCUT2D eigenvalue weighted by Crippen LogP contribution is -2.48. The standard InChI is InChI=1S/C20H28N4O2/c1-16(17-6-4-3-5-7-17)18(21)22-19(23(2)15-25)24-11-8-20(9-12-24)10-13-26-14-20/h3-7,15H,8-14,21H2,1-2H3/b18-16+,22-19+. The first-order chi connectivity index (χ1) is 12.5. The van der Waals surface area contributed by atoms with E-state index in [1.165, 1.54) is 4.90 Å². The lowest BCUT2D eigenvalue weighted by atomic mass is 9.78. The van der Waals surface area contributed by atoms with Crippen LogP contribution in [-0.2, 0) is 9.53 Å². The summed E-state index contributed by atoms with van der Waals surface area (Å²) in [5.74, 6) is 1.05. The minimum Gasteiger partial charge on any atom is -0.383 e. The number of carbonyl (C=O) groups is 1. The summed E-state index contributed by atoms with van der Waals surface area (Å²) in [6.45, 7) is 5.39. The molecule has 26 heavy (non-hydrogen) atoms. The van der Waals surface area contributed by atoms with Gasteiger partial charge in [-0.3, -0.25) is 9.69 Å². The van der Waals surface area contributed by atoms with Crippen LogP contribution in [0.5, 0.6) is 0 Å². The molecule has 140 valence electrons. The van der Waals surface area contributed by atoms with Gasteiger partial charge in [-0.25, -0.2) is 0 Å². The molecule has 0 aromatic heterocycles. The fourth-order valence-corrected chi connectivity index (χ4v) is 3.67. The molecule has 2 fully saturated rings. The van der Waals surface area contributed by atoms with E-state index in [9.17, 15) is 4.79 Å². The van der Waals surface area contributed by atoms with Crippen LogP contribution in [0.1, 0.15) is 31.7 Å². The van der Waals surface area contributed by atoms with Gasteiger partial charge in [0.05, 0.1) is 6.61 Å². The molecule has 1 spiro atoms. The molecule has 0 bridgehead atoms. The van der Waals surface area contributed by atoms with Crippen molar-refractivity contribution < 1.29 is 9.53 Å². The number of nitrogens with zero attached hydrogens (tertiary/aromatic N) is 3. The Morgan fingerprint density at radius 2 is 1.96 bits per heavy atom. The summed E-state index contributed by atoms with van der Waals surface area (Å²) < 4.78 is 5.60. The number of carbonyl (C=O) groups excluding carboxylic acids is 1. The zero-order chi connectivity index (χ0) is 18.6. The molecule has 6 heteroatoms. The summed E-state index contributed by atoms with van der Waals surface area (Å²) >= 11 is 0. The fraction of sp³-hybridized carbons (Fsp3) is 0.500. The van der Waals surface area contributed by atoms with Gasteiger partial charge in [0.15, 0.2) is 0 Å². The van der Waals surface area contributed by atoms with E-state index in [1.54, 1.807) is 7.05 Å². The highest BCUT2D eigenvalue weighted by atomic mass is 16.5. The van der Waals surface area contributed by atoms with Crippen molar-refractivity contribution in [2.45, 2.75) is 26.2 Å². The summed E-state index contributed by atoms with van der Waals surface area (Å²) in [5.41, 5.74) is 8.51. The topological polar surface area (TPSA) is 71.2 Å². The molecule has 2 heterocycles. The average Bonchev–Trinajstić information content (AvgIpc) is 3.14. The van der Waals surface area contributed by atoms with Gasteiger partial charge in [0.2, 0.25) is 12.4 Å². The van der Waals surface area contributed by atoms with Crippen molar-refractivity contribution in [3.05, 3.63) is 41.7 Å². The van der Waals surface area contributed by atoms with E-state index < -0.39 is 0 Å². The number of rotatable bonds is 3. The number of aliphatic imine (C=N–C) groups is 1. The Morgan fingerprint density at radius 1 is 1.27 bits per heavy atom. The Kier molecular flexibility index (Phi) is 5.61. The molecule has 2 saturated heterocycles. The maximum Gasteiger partial charge on any atom is 0.216 e. The Bertz CT molecular complexity index is 683. The molecule has 1 amide bonds. The molecule has 0 radical (unpaired) electrons. The lowest BCUT2D eigenvalue weighted by molar-refractivity contribution is -0.114. The molecule has 1 aromatic carbocycles. The van der Waals surface area contributed by atoms with Gasteiger partial charge >= 0.3 is 0 Å². The predicted molar refractivity (Wildman–Crippen MR) is 103 cm³/mol. The van der Waals surface area contributed by atoms with Crippen LogP contribution >= 0.6 is 0 Å². The number of amides is 1. The summed E-state index contributed by atoms with van der Waals surface area (Å²) in [6, 6.07) is 9.93. The monoisotopic (exact) mass is 356 g/mol. The van der Waals surface area contributed by atoms with Gasteiger partial charge in [-0.15, -0.1) is 0 Å². The van der Waals surface area contributed by atoms with E-state index >= 15 is 0 Å². The predicted octanol–water partition coefficient (Wildman–Crippen LogP) is 2.28. The molecule has 3 rings (SSSR count). The number of piperidine rings is 1. The van der Waals surface area contributed by atoms with Crippen molar-refractivity contribution in [2.24, 2.45) is 16.1 Å². The largest absolute Gasteiger partial charge is 0.383 e. The van der Waals surface area contributed by atoms with Gasteiger partial charge < -0.3 is 15.4 Å². The minimum atomic E-state index is 0.308. The number of nitrogens with two attached hydrogens (primary N) is 1. The number of ether oxygens (including phenoxy) is 1. The first-order valence-corrected chi connectivity index (χ1v) is 9.16. The highest BCUT2D eigenvalue weighted by molar-refractivity contribution is 5.90. The van der Waals surface area contributed by atoms with E-state index in [0.717, 1.165) is 63.1 Å². The summed E-state index contributed by atoms with van der Waals surface area (Å²) in [5, 5.41) is 0. The van der Waals surface area contributed by atoms with Crippen LogP contribution in [-0.4, -0.2) is 55.5 Å². The van der Waals surface area contributed by atoms with Crippen molar-refractivity contribution in [1.82, 2.24) is 9.80 Å². The molecule has 2 N–H and O–H groups in total. The number of benzene rings is 1. The van der Waals surface area contributed by atoms with Crippen molar-refractivity contribution in [2.75, 3.05) is 33.4 Å². The van der Waals surface area contributed by atoms with Crippen LogP contribution in [0, 0.1) is 5.41 Å². The first kappa shape index (κ1) is 18.5. The molecule has 0 atom stereocenters. The second-order valence-electron chi connectivity index (χ2n) is 7.29. The second kappa shape index (κ2) is 7.91. The molecule has 2 aliphatic rings. The van der Waals surface area contributed by atoms with Crippen molar-refractivity contribution >= 4 is 17.9 Å². The highest BCUT2D eigenvalue weighted by Crippen LogP contribution is 2.39. The first-order valence-electron chi connectivity index (χ1n) is 9.16. The van der Waals surface area contributed by atoms with Crippen molar-refractivity contribution in [3.63, 3.8) is 0 Å². The average molecular weight is 356 g/mol. The normalized spacial score (nSPS) is 20.8. The Morgan fingerprint density at radius 3 is 2.54 bits per heavy atom. The number of hydrogen-bond donors (Lipinski definition) is 1. The Labute approximate surface area is 155 Å². The van der Waals surface area contributed by atoms with Crippen LogP contribution in [0.4, 0.5) is 0 Å². The van der Waals surface area contributed by atoms with Crippen LogP contribution < -0.4 is 5.73 Å². The lowest BCUT2D eigenvalue weighted by Gasteiger charge is -2.40. The van der Waals surface area contributed by atoms with Gasteiger partial charge in [-0.1, -0.05) is 30.3 Å². The zero-order valence-electron chi connectivity index (χ0n) is 15.6. The molecule has 0 saturated carbocycles. The van der Waals surface area contributed by atoms with E-state index in [0.29, 0.717) is 17.2 Å². The summed E-state index contributed by atoms with van der Waals surface area (Å²) in [6.07, 6.45) is 4.03. The molecule has 0 aliphatic carbocycles. The third-order valence-electron chi connectivity index (χ3n) is 5.58. The van der Waals surface area contributed by atoms with Crippen LogP contribution in [0.3, 0.4) is 0 Å². The quantitative estimate of drug-likeness (QED) is 0.512. The smallest absolute Gasteiger partial charge is 0.216 e. The third kappa shape index (κ3) is 3.90.